The number of hydrogen-bond donors (Lipinski definition) is 1. The summed E-state index contributed by atoms with van der Waals surface area (Å²) in [5, 5.41) is 0.0792. The Labute approximate surface area is 114 Å². The number of H-pyrrole nitrogens is 1. The maximum absolute atomic E-state index is 13.1. The summed E-state index contributed by atoms with van der Waals surface area (Å²) in [6.45, 7) is 0. The lowest BCUT2D eigenvalue weighted by atomic mass is 10.2. The highest BCUT2D eigenvalue weighted by molar-refractivity contribution is 6.31. The van der Waals surface area contributed by atoms with Crippen LogP contribution in [0.5, 0.6) is 5.75 Å². The fourth-order valence-electron chi connectivity index (χ4n) is 1.90. The Morgan fingerprint density at radius 1 is 1.21 bits per heavy atom. The summed E-state index contributed by atoms with van der Waals surface area (Å²) in [6.07, 6.45) is 0. The number of rotatable bonds is 2. The van der Waals surface area contributed by atoms with E-state index in [1.54, 1.807) is 19.2 Å². The first-order chi connectivity index (χ1) is 9.17. The lowest BCUT2D eigenvalue weighted by Crippen LogP contribution is -1.82. The minimum absolute atomic E-state index is 0.0792. The number of halogens is 2. The zero-order valence-electron chi connectivity index (χ0n) is 10.1. The van der Waals surface area contributed by atoms with E-state index >= 15 is 0 Å². The number of methoxy groups -OCH3 is 1. The van der Waals surface area contributed by atoms with Crippen molar-refractivity contribution >= 4 is 22.6 Å². The molecule has 3 aromatic rings. The van der Waals surface area contributed by atoms with Gasteiger partial charge in [0.2, 0.25) is 0 Å². The van der Waals surface area contributed by atoms with Crippen molar-refractivity contribution in [3.8, 4) is 17.1 Å². The van der Waals surface area contributed by atoms with Gasteiger partial charge >= 0.3 is 0 Å². The van der Waals surface area contributed by atoms with Crippen LogP contribution in [-0.2, 0) is 0 Å². The minimum Gasteiger partial charge on any atom is -0.497 e. The van der Waals surface area contributed by atoms with Gasteiger partial charge < -0.3 is 9.72 Å². The average molecular weight is 277 g/mol. The van der Waals surface area contributed by atoms with Crippen molar-refractivity contribution in [3.05, 3.63) is 47.2 Å². The molecule has 0 fully saturated rings. The Morgan fingerprint density at radius 3 is 2.79 bits per heavy atom. The number of benzene rings is 2. The van der Waals surface area contributed by atoms with Crippen LogP contribution < -0.4 is 4.74 Å². The first kappa shape index (κ1) is 12.0. The highest BCUT2D eigenvalue weighted by atomic mass is 35.5. The summed E-state index contributed by atoms with van der Waals surface area (Å²) >= 11 is 5.77. The third-order valence-electron chi connectivity index (χ3n) is 2.88. The van der Waals surface area contributed by atoms with Crippen molar-refractivity contribution in [2.75, 3.05) is 7.11 Å². The molecule has 0 unspecified atom stereocenters. The molecule has 3 nitrogen and oxygen atoms in total. The second-order valence-electron chi connectivity index (χ2n) is 4.10. The number of nitrogens with one attached hydrogen (secondary N) is 1. The van der Waals surface area contributed by atoms with Gasteiger partial charge in [-0.2, -0.15) is 0 Å². The molecule has 0 saturated heterocycles. The van der Waals surface area contributed by atoms with Gasteiger partial charge in [-0.1, -0.05) is 11.6 Å². The van der Waals surface area contributed by atoms with Gasteiger partial charge in [-0.3, -0.25) is 0 Å². The quantitative estimate of drug-likeness (QED) is 0.767. The van der Waals surface area contributed by atoms with E-state index in [4.69, 9.17) is 16.3 Å². The number of aromatic amines is 1. The Morgan fingerprint density at radius 2 is 2.05 bits per heavy atom. The second kappa shape index (κ2) is 4.55. The lowest BCUT2D eigenvalue weighted by Gasteiger charge is -1.98. The molecule has 1 N–H and O–H groups in total. The standard InChI is InChI=1S/C14H10ClFN2O/c1-19-9-3-5-12-13(7-9)18-14(17-12)8-2-4-11(16)10(15)6-8/h2-7H,1H3,(H,17,18). The molecule has 1 aromatic heterocycles. The predicted molar refractivity (Wildman–Crippen MR) is 73.0 cm³/mol. The molecule has 0 amide bonds. The van der Waals surface area contributed by atoms with Crippen molar-refractivity contribution in [1.82, 2.24) is 9.97 Å². The molecule has 5 heteroatoms. The second-order valence-corrected chi connectivity index (χ2v) is 4.50. The van der Waals surface area contributed by atoms with E-state index in [1.807, 2.05) is 18.2 Å². The van der Waals surface area contributed by atoms with E-state index in [0.29, 0.717) is 5.82 Å². The van der Waals surface area contributed by atoms with Crippen LogP contribution in [0.25, 0.3) is 22.4 Å². The molecule has 0 aliphatic heterocycles. The molecule has 0 saturated carbocycles. The van der Waals surface area contributed by atoms with Crippen molar-refractivity contribution in [1.29, 1.82) is 0 Å². The normalized spacial score (nSPS) is 10.9. The topological polar surface area (TPSA) is 37.9 Å². The van der Waals surface area contributed by atoms with Crippen molar-refractivity contribution in [2.24, 2.45) is 0 Å². The number of aromatic nitrogens is 2. The zero-order chi connectivity index (χ0) is 13.4. The van der Waals surface area contributed by atoms with Crippen LogP contribution in [0, 0.1) is 5.82 Å². The molecular weight excluding hydrogens is 267 g/mol. The van der Waals surface area contributed by atoms with Gasteiger partial charge in [0.1, 0.15) is 17.4 Å². The van der Waals surface area contributed by atoms with E-state index < -0.39 is 5.82 Å². The molecule has 19 heavy (non-hydrogen) atoms. The van der Waals surface area contributed by atoms with Crippen LogP contribution >= 0.6 is 11.6 Å². The summed E-state index contributed by atoms with van der Waals surface area (Å²) in [4.78, 5) is 7.60. The Bertz CT molecular complexity index is 754. The van der Waals surface area contributed by atoms with Gasteiger partial charge in [0.15, 0.2) is 0 Å². The Kier molecular flexibility index (Phi) is 2.87. The number of imidazole rings is 1. The highest BCUT2D eigenvalue weighted by Crippen LogP contribution is 2.26. The molecule has 0 radical (unpaired) electrons. The number of ether oxygens (including phenoxy) is 1. The van der Waals surface area contributed by atoms with Crippen molar-refractivity contribution in [2.45, 2.75) is 0 Å². The molecule has 0 spiro atoms. The molecule has 0 atom stereocenters. The van der Waals surface area contributed by atoms with Crippen LogP contribution in [-0.4, -0.2) is 17.1 Å². The van der Waals surface area contributed by atoms with Crippen LogP contribution in [0.3, 0.4) is 0 Å². The molecule has 2 aromatic carbocycles. The van der Waals surface area contributed by atoms with Gasteiger partial charge in [-0.15, -0.1) is 0 Å². The van der Waals surface area contributed by atoms with Crippen LogP contribution in [0.4, 0.5) is 4.39 Å². The summed E-state index contributed by atoms with van der Waals surface area (Å²) < 4.78 is 18.3. The summed E-state index contributed by atoms with van der Waals surface area (Å²) in [5.41, 5.74) is 2.41. The maximum atomic E-state index is 13.1. The van der Waals surface area contributed by atoms with E-state index in [2.05, 4.69) is 9.97 Å². The minimum atomic E-state index is -0.441. The van der Waals surface area contributed by atoms with Crippen LogP contribution in [0.2, 0.25) is 5.02 Å². The first-order valence-corrected chi connectivity index (χ1v) is 6.04. The first-order valence-electron chi connectivity index (χ1n) is 5.66. The van der Waals surface area contributed by atoms with Crippen LogP contribution in [0.15, 0.2) is 36.4 Å². The van der Waals surface area contributed by atoms with Crippen LogP contribution in [0.1, 0.15) is 0 Å². The van der Waals surface area contributed by atoms with E-state index in [0.717, 1.165) is 22.3 Å². The molecule has 0 aliphatic rings. The molecule has 3 rings (SSSR count). The van der Waals surface area contributed by atoms with Gasteiger partial charge in [0, 0.05) is 11.6 Å². The highest BCUT2D eigenvalue weighted by Gasteiger charge is 2.08. The van der Waals surface area contributed by atoms with Crippen molar-refractivity contribution in [3.63, 3.8) is 0 Å². The maximum Gasteiger partial charge on any atom is 0.141 e. The largest absolute Gasteiger partial charge is 0.497 e. The fourth-order valence-corrected chi connectivity index (χ4v) is 2.08. The van der Waals surface area contributed by atoms with Gasteiger partial charge in [0.25, 0.3) is 0 Å². The monoisotopic (exact) mass is 276 g/mol. The third-order valence-corrected chi connectivity index (χ3v) is 3.17. The predicted octanol–water partition coefficient (Wildman–Crippen LogP) is 4.03. The van der Waals surface area contributed by atoms with E-state index in [9.17, 15) is 4.39 Å². The number of hydrogen-bond acceptors (Lipinski definition) is 2. The SMILES string of the molecule is COc1ccc2nc(-c3ccc(F)c(Cl)c3)[nH]c2c1. The van der Waals surface area contributed by atoms with Gasteiger partial charge in [-0.25, -0.2) is 9.37 Å². The van der Waals surface area contributed by atoms with Gasteiger partial charge in [-0.05, 0) is 30.3 Å². The van der Waals surface area contributed by atoms with E-state index in [1.165, 1.54) is 6.07 Å². The molecule has 0 aliphatic carbocycles. The zero-order valence-corrected chi connectivity index (χ0v) is 10.8. The van der Waals surface area contributed by atoms with Crippen molar-refractivity contribution < 1.29 is 9.13 Å². The molecule has 96 valence electrons. The number of nitrogens with zero attached hydrogens (tertiary/aromatic N) is 1. The summed E-state index contributed by atoms with van der Waals surface area (Å²) in [5.74, 6) is 0.952. The smallest absolute Gasteiger partial charge is 0.141 e. The molecule has 0 bridgehead atoms. The molecule has 1 heterocycles. The summed E-state index contributed by atoms with van der Waals surface area (Å²) in [6, 6.07) is 10.1. The van der Waals surface area contributed by atoms with Gasteiger partial charge in [0.05, 0.1) is 23.2 Å². The Hall–Kier alpha value is -2.07. The Balaban J connectivity index is 2.11. The molecular formula is C14H10ClFN2O. The fraction of sp³-hybridized carbons (Fsp3) is 0.0714. The lowest BCUT2D eigenvalue weighted by molar-refractivity contribution is 0.415. The number of fused-ring (bicyclic) bond motifs is 1. The van der Waals surface area contributed by atoms with E-state index in [-0.39, 0.29) is 5.02 Å². The third kappa shape index (κ3) is 2.15. The average Bonchev–Trinajstić information content (AvgIpc) is 2.84. The summed E-state index contributed by atoms with van der Waals surface area (Å²) in [7, 11) is 1.61.